The number of carbonyl (C=O) groups is 1. The molecule has 0 atom stereocenters. The number of aromatic amines is 1. The molecular formula is C9H8N2O3. The second-order valence-electron chi connectivity index (χ2n) is 2.78. The first kappa shape index (κ1) is 8.55. The summed E-state index contributed by atoms with van der Waals surface area (Å²) in [5.41, 5.74) is 1.22. The van der Waals surface area contributed by atoms with E-state index in [1.54, 1.807) is 6.07 Å². The van der Waals surface area contributed by atoms with Crippen molar-refractivity contribution >= 4 is 17.0 Å². The van der Waals surface area contributed by atoms with E-state index in [9.17, 15) is 9.90 Å². The van der Waals surface area contributed by atoms with Crippen LogP contribution in [-0.2, 0) is 4.74 Å². The highest BCUT2D eigenvalue weighted by Crippen LogP contribution is 2.17. The van der Waals surface area contributed by atoms with E-state index in [0.717, 1.165) is 0 Å². The van der Waals surface area contributed by atoms with Gasteiger partial charge >= 0.3 is 5.97 Å². The molecule has 72 valence electrons. The molecule has 1 aromatic heterocycles. The molecule has 5 nitrogen and oxygen atoms in total. The number of methoxy groups -OCH3 is 1. The van der Waals surface area contributed by atoms with Crippen LogP contribution in [0.25, 0.3) is 11.0 Å². The Morgan fingerprint density at radius 2 is 2.36 bits per heavy atom. The monoisotopic (exact) mass is 192 g/mol. The lowest BCUT2D eigenvalue weighted by Crippen LogP contribution is -2.02. The number of phenols is 1. The molecule has 0 saturated carbocycles. The molecule has 0 fully saturated rings. The first-order valence-corrected chi connectivity index (χ1v) is 3.98. The van der Waals surface area contributed by atoms with Crippen LogP contribution in [0, 0.1) is 0 Å². The Balaban J connectivity index is 2.56. The number of aromatic hydroxyl groups is 1. The number of hydrogen-bond donors (Lipinski definition) is 2. The van der Waals surface area contributed by atoms with Crippen molar-refractivity contribution in [1.29, 1.82) is 0 Å². The van der Waals surface area contributed by atoms with Gasteiger partial charge in [0.25, 0.3) is 0 Å². The molecule has 0 unspecified atom stereocenters. The van der Waals surface area contributed by atoms with Gasteiger partial charge in [0.1, 0.15) is 5.75 Å². The van der Waals surface area contributed by atoms with E-state index in [1.165, 1.54) is 19.2 Å². The Morgan fingerprint density at radius 1 is 1.57 bits per heavy atom. The van der Waals surface area contributed by atoms with Crippen LogP contribution in [0.2, 0.25) is 0 Å². The zero-order chi connectivity index (χ0) is 10.1. The topological polar surface area (TPSA) is 75.2 Å². The summed E-state index contributed by atoms with van der Waals surface area (Å²) in [6.45, 7) is 0. The molecule has 0 radical (unpaired) electrons. The second kappa shape index (κ2) is 3.02. The molecule has 2 aromatic rings. The number of aromatic nitrogens is 2. The molecule has 0 saturated heterocycles. The molecule has 0 aliphatic rings. The second-order valence-corrected chi connectivity index (χ2v) is 2.78. The SMILES string of the molecule is COC(=O)c1nc2ccc(O)cc2[nH]1. The number of phenolic OH excluding ortho intramolecular Hbond substituents is 1. The smallest absolute Gasteiger partial charge is 0.374 e. The van der Waals surface area contributed by atoms with Gasteiger partial charge in [-0.05, 0) is 12.1 Å². The van der Waals surface area contributed by atoms with Gasteiger partial charge in [-0.1, -0.05) is 0 Å². The number of nitrogens with one attached hydrogen (secondary N) is 1. The molecule has 0 aliphatic carbocycles. The third kappa shape index (κ3) is 1.28. The highest BCUT2D eigenvalue weighted by atomic mass is 16.5. The van der Waals surface area contributed by atoms with Crippen LogP contribution in [-0.4, -0.2) is 28.2 Å². The van der Waals surface area contributed by atoms with Crippen molar-refractivity contribution in [3.63, 3.8) is 0 Å². The number of rotatable bonds is 1. The van der Waals surface area contributed by atoms with Gasteiger partial charge in [-0.25, -0.2) is 9.78 Å². The zero-order valence-electron chi connectivity index (χ0n) is 7.44. The van der Waals surface area contributed by atoms with Crippen LogP contribution in [0.1, 0.15) is 10.6 Å². The van der Waals surface area contributed by atoms with Crippen LogP contribution < -0.4 is 0 Å². The quantitative estimate of drug-likeness (QED) is 0.662. The molecule has 0 amide bonds. The fourth-order valence-electron chi connectivity index (χ4n) is 1.19. The van der Waals surface area contributed by atoms with Crippen molar-refractivity contribution in [1.82, 2.24) is 9.97 Å². The summed E-state index contributed by atoms with van der Waals surface area (Å²) in [5, 5.41) is 9.17. The Hall–Kier alpha value is -2.04. The molecule has 0 spiro atoms. The zero-order valence-corrected chi connectivity index (χ0v) is 7.44. The largest absolute Gasteiger partial charge is 0.508 e. The summed E-state index contributed by atoms with van der Waals surface area (Å²) in [6.07, 6.45) is 0. The molecule has 5 heteroatoms. The number of H-pyrrole nitrogens is 1. The molecule has 14 heavy (non-hydrogen) atoms. The molecule has 0 bridgehead atoms. The first-order valence-electron chi connectivity index (χ1n) is 3.98. The fraction of sp³-hybridized carbons (Fsp3) is 0.111. The van der Waals surface area contributed by atoms with Gasteiger partial charge in [0, 0.05) is 6.07 Å². The lowest BCUT2D eigenvalue weighted by molar-refractivity contribution is 0.0588. The number of benzene rings is 1. The summed E-state index contributed by atoms with van der Waals surface area (Å²) in [4.78, 5) is 17.8. The number of carbonyl (C=O) groups excluding carboxylic acids is 1. The van der Waals surface area contributed by atoms with Crippen molar-refractivity contribution in [3.05, 3.63) is 24.0 Å². The summed E-state index contributed by atoms with van der Waals surface area (Å²) >= 11 is 0. The Labute approximate surface area is 79.3 Å². The number of esters is 1. The third-order valence-corrected chi connectivity index (χ3v) is 1.84. The van der Waals surface area contributed by atoms with E-state index in [2.05, 4.69) is 14.7 Å². The van der Waals surface area contributed by atoms with E-state index in [4.69, 9.17) is 0 Å². The first-order chi connectivity index (χ1) is 6.70. The van der Waals surface area contributed by atoms with Gasteiger partial charge in [-0.2, -0.15) is 0 Å². The van der Waals surface area contributed by atoms with Crippen LogP contribution in [0.4, 0.5) is 0 Å². The number of ether oxygens (including phenoxy) is 1. The van der Waals surface area contributed by atoms with Gasteiger partial charge in [0.15, 0.2) is 0 Å². The highest BCUT2D eigenvalue weighted by Gasteiger charge is 2.10. The average Bonchev–Trinajstić information content (AvgIpc) is 2.59. The summed E-state index contributed by atoms with van der Waals surface area (Å²) in [7, 11) is 1.28. The third-order valence-electron chi connectivity index (χ3n) is 1.84. The number of hydrogen-bond acceptors (Lipinski definition) is 4. The van der Waals surface area contributed by atoms with E-state index in [0.29, 0.717) is 11.0 Å². The summed E-state index contributed by atoms with van der Waals surface area (Å²) in [6, 6.07) is 4.62. The molecular weight excluding hydrogens is 184 g/mol. The van der Waals surface area contributed by atoms with Crippen LogP contribution in [0.15, 0.2) is 18.2 Å². The minimum atomic E-state index is -0.527. The van der Waals surface area contributed by atoms with Crippen molar-refractivity contribution in [2.24, 2.45) is 0 Å². The molecule has 1 aromatic carbocycles. The van der Waals surface area contributed by atoms with Gasteiger partial charge in [0.2, 0.25) is 5.82 Å². The number of nitrogens with zero attached hydrogens (tertiary/aromatic N) is 1. The van der Waals surface area contributed by atoms with E-state index < -0.39 is 5.97 Å². The minimum Gasteiger partial charge on any atom is -0.508 e. The molecule has 2 rings (SSSR count). The Kier molecular flexibility index (Phi) is 1.85. The fourth-order valence-corrected chi connectivity index (χ4v) is 1.19. The van der Waals surface area contributed by atoms with Crippen molar-refractivity contribution in [2.75, 3.05) is 7.11 Å². The van der Waals surface area contributed by atoms with Gasteiger partial charge in [-0.15, -0.1) is 0 Å². The van der Waals surface area contributed by atoms with Gasteiger partial charge in [-0.3, -0.25) is 0 Å². The van der Waals surface area contributed by atoms with Crippen molar-refractivity contribution in [3.8, 4) is 5.75 Å². The predicted molar refractivity (Wildman–Crippen MR) is 49.1 cm³/mol. The maximum absolute atomic E-state index is 11.1. The maximum Gasteiger partial charge on any atom is 0.374 e. The van der Waals surface area contributed by atoms with Crippen molar-refractivity contribution in [2.45, 2.75) is 0 Å². The maximum atomic E-state index is 11.1. The standard InChI is InChI=1S/C9H8N2O3/c1-14-9(13)8-10-6-3-2-5(12)4-7(6)11-8/h2-4,12H,1H3,(H,10,11). The summed E-state index contributed by atoms with van der Waals surface area (Å²) in [5.74, 6) is -0.272. The lowest BCUT2D eigenvalue weighted by atomic mass is 10.3. The molecule has 2 N–H and O–H groups in total. The lowest BCUT2D eigenvalue weighted by Gasteiger charge is -1.90. The van der Waals surface area contributed by atoms with Crippen molar-refractivity contribution < 1.29 is 14.6 Å². The summed E-state index contributed by atoms with van der Waals surface area (Å²) < 4.78 is 4.50. The van der Waals surface area contributed by atoms with E-state index in [-0.39, 0.29) is 11.6 Å². The van der Waals surface area contributed by atoms with E-state index >= 15 is 0 Å². The minimum absolute atomic E-state index is 0.123. The Bertz CT molecular complexity index is 490. The Morgan fingerprint density at radius 3 is 3.07 bits per heavy atom. The predicted octanol–water partition coefficient (Wildman–Crippen LogP) is 1.06. The van der Waals surface area contributed by atoms with Gasteiger partial charge < -0.3 is 14.8 Å². The normalized spacial score (nSPS) is 10.4. The number of fused-ring (bicyclic) bond motifs is 1. The highest BCUT2D eigenvalue weighted by molar-refractivity contribution is 5.90. The van der Waals surface area contributed by atoms with Crippen LogP contribution >= 0.6 is 0 Å². The van der Waals surface area contributed by atoms with Gasteiger partial charge in [0.05, 0.1) is 18.1 Å². The van der Waals surface area contributed by atoms with Crippen LogP contribution in [0.5, 0.6) is 5.75 Å². The molecule has 1 heterocycles. The number of imidazole rings is 1. The van der Waals surface area contributed by atoms with Crippen LogP contribution in [0.3, 0.4) is 0 Å². The molecule has 0 aliphatic heterocycles. The van der Waals surface area contributed by atoms with E-state index in [1.807, 2.05) is 0 Å². The average molecular weight is 192 g/mol.